The summed E-state index contributed by atoms with van der Waals surface area (Å²) in [6, 6.07) is 0.234. The van der Waals surface area contributed by atoms with E-state index in [4.69, 9.17) is 5.73 Å². The molecule has 0 aromatic heterocycles. The van der Waals surface area contributed by atoms with Crippen LogP contribution in [0.3, 0.4) is 0 Å². The molecule has 0 saturated heterocycles. The van der Waals surface area contributed by atoms with E-state index in [9.17, 15) is 4.79 Å². The van der Waals surface area contributed by atoms with Gasteiger partial charge in [-0.15, -0.1) is 0 Å². The second-order valence-electron chi connectivity index (χ2n) is 5.58. The van der Waals surface area contributed by atoms with Crippen LogP contribution in [-0.2, 0) is 4.79 Å². The summed E-state index contributed by atoms with van der Waals surface area (Å²) in [5.41, 5.74) is 5.92. The largest absolute Gasteiger partial charge is 0.354 e. The van der Waals surface area contributed by atoms with E-state index in [1.807, 2.05) is 11.8 Å². The van der Waals surface area contributed by atoms with Gasteiger partial charge >= 0.3 is 0 Å². The summed E-state index contributed by atoms with van der Waals surface area (Å²) in [4.78, 5) is 12.1. The molecule has 2 saturated carbocycles. The van der Waals surface area contributed by atoms with Crippen LogP contribution in [0.25, 0.3) is 0 Å². The Bertz CT molecular complexity index is 273. The molecule has 2 unspecified atom stereocenters. The summed E-state index contributed by atoms with van der Waals surface area (Å²) < 4.78 is 0.340. The highest BCUT2D eigenvalue weighted by Crippen LogP contribution is 2.42. The van der Waals surface area contributed by atoms with Crippen molar-refractivity contribution in [3.63, 3.8) is 0 Å². The van der Waals surface area contributed by atoms with Crippen LogP contribution in [0.5, 0.6) is 0 Å². The van der Waals surface area contributed by atoms with Crippen molar-refractivity contribution in [1.82, 2.24) is 5.32 Å². The smallest absolute Gasteiger partial charge is 0.223 e. The van der Waals surface area contributed by atoms with Gasteiger partial charge in [-0.3, -0.25) is 4.79 Å². The molecular weight excluding hydrogens is 232 g/mol. The Hall–Kier alpha value is -0.220. The molecule has 98 valence electrons. The first-order chi connectivity index (χ1) is 8.15. The highest BCUT2D eigenvalue weighted by Gasteiger charge is 2.37. The summed E-state index contributed by atoms with van der Waals surface area (Å²) in [5, 5.41) is 3.15. The monoisotopic (exact) mass is 256 g/mol. The zero-order valence-corrected chi connectivity index (χ0v) is 11.5. The van der Waals surface area contributed by atoms with Gasteiger partial charge in [-0.05, 0) is 38.4 Å². The van der Waals surface area contributed by atoms with Crippen LogP contribution in [0.2, 0.25) is 0 Å². The lowest BCUT2D eigenvalue weighted by Crippen LogP contribution is -2.47. The van der Waals surface area contributed by atoms with Crippen molar-refractivity contribution in [2.24, 2.45) is 11.7 Å². The molecule has 0 aliphatic heterocycles. The van der Waals surface area contributed by atoms with Crippen molar-refractivity contribution in [2.75, 3.05) is 12.8 Å². The van der Waals surface area contributed by atoms with E-state index in [0.29, 0.717) is 4.75 Å². The number of nitrogens with one attached hydrogen (secondary N) is 1. The lowest BCUT2D eigenvalue weighted by molar-refractivity contribution is -0.126. The van der Waals surface area contributed by atoms with Crippen LogP contribution in [0.1, 0.15) is 44.9 Å². The van der Waals surface area contributed by atoms with E-state index in [1.165, 1.54) is 19.3 Å². The molecule has 0 heterocycles. The predicted molar refractivity (Wildman–Crippen MR) is 73.0 cm³/mol. The summed E-state index contributed by atoms with van der Waals surface area (Å²) in [5.74, 6) is 0.401. The number of nitrogens with two attached hydrogens (primary N) is 1. The first-order valence-corrected chi connectivity index (χ1v) is 7.96. The zero-order valence-electron chi connectivity index (χ0n) is 10.7. The Labute approximate surface area is 108 Å². The SMILES string of the molecule is CSC1(CNC(=O)C2CCCC(N)C2)CCC1. The Balaban J connectivity index is 1.76. The van der Waals surface area contributed by atoms with Gasteiger partial charge in [-0.25, -0.2) is 0 Å². The quantitative estimate of drug-likeness (QED) is 0.808. The standard InChI is InChI=1S/C13H24N2OS/c1-17-13(6-3-7-13)9-15-12(16)10-4-2-5-11(14)8-10/h10-11H,2-9,14H2,1H3,(H,15,16). The molecule has 3 N–H and O–H groups in total. The van der Waals surface area contributed by atoms with Crippen molar-refractivity contribution >= 4 is 17.7 Å². The van der Waals surface area contributed by atoms with Crippen LogP contribution in [0.15, 0.2) is 0 Å². The maximum atomic E-state index is 12.1. The second kappa shape index (κ2) is 5.61. The molecule has 1 amide bonds. The Morgan fingerprint density at radius 1 is 1.41 bits per heavy atom. The van der Waals surface area contributed by atoms with E-state index in [0.717, 1.165) is 32.2 Å². The minimum atomic E-state index is 0.165. The van der Waals surface area contributed by atoms with Gasteiger partial charge in [0, 0.05) is 23.3 Å². The topological polar surface area (TPSA) is 55.1 Å². The van der Waals surface area contributed by atoms with Gasteiger partial charge in [0.25, 0.3) is 0 Å². The van der Waals surface area contributed by atoms with Crippen LogP contribution in [0, 0.1) is 5.92 Å². The minimum Gasteiger partial charge on any atom is -0.354 e. The third-order valence-electron chi connectivity index (χ3n) is 4.37. The fourth-order valence-electron chi connectivity index (χ4n) is 2.88. The normalized spacial score (nSPS) is 31.6. The molecule has 0 bridgehead atoms. The van der Waals surface area contributed by atoms with Crippen molar-refractivity contribution in [2.45, 2.75) is 55.7 Å². The molecule has 0 radical (unpaired) electrons. The molecule has 0 spiro atoms. The van der Waals surface area contributed by atoms with E-state index < -0.39 is 0 Å². The lowest BCUT2D eigenvalue weighted by atomic mass is 9.83. The van der Waals surface area contributed by atoms with Gasteiger partial charge in [0.05, 0.1) is 0 Å². The molecular formula is C13H24N2OS. The number of carbonyl (C=O) groups is 1. The third-order valence-corrected chi connectivity index (χ3v) is 5.79. The molecule has 2 fully saturated rings. The van der Waals surface area contributed by atoms with Crippen molar-refractivity contribution in [3.05, 3.63) is 0 Å². The zero-order chi connectivity index (χ0) is 12.3. The predicted octanol–water partition coefficient (Wildman–Crippen LogP) is 1.91. The van der Waals surface area contributed by atoms with Gasteiger partial charge in [-0.1, -0.05) is 12.8 Å². The maximum Gasteiger partial charge on any atom is 0.223 e. The highest BCUT2D eigenvalue weighted by atomic mass is 32.2. The average Bonchev–Trinajstić information content (AvgIpc) is 2.28. The number of amides is 1. The molecule has 0 aromatic carbocycles. The van der Waals surface area contributed by atoms with Crippen molar-refractivity contribution in [1.29, 1.82) is 0 Å². The van der Waals surface area contributed by atoms with Gasteiger partial charge in [0.15, 0.2) is 0 Å². The van der Waals surface area contributed by atoms with Crippen molar-refractivity contribution < 1.29 is 4.79 Å². The molecule has 0 aromatic rings. The summed E-state index contributed by atoms with van der Waals surface area (Å²) in [6.07, 6.45) is 10.0. The van der Waals surface area contributed by atoms with E-state index in [-0.39, 0.29) is 17.9 Å². The molecule has 17 heavy (non-hydrogen) atoms. The number of hydrogen-bond donors (Lipinski definition) is 2. The summed E-state index contributed by atoms with van der Waals surface area (Å²) in [7, 11) is 0. The lowest BCUT2D eigenvalue weighted by Gasteiger charge is -2.41. The van der Waals surface area contributed by atoms with Gasteiger partial charge in [-0.2, -0.15) is 11.8 Å². The van der Waals surface area contributed by atoms with Gasteiger partial charge in [0.1, 0.15) is 0 Å². The Morgan fingerprint density at radius 3 is 2.71 bits per heavy atom. The van der Waals surface area contributed by atoms with Crippen LogP contribution in [-0.4, -0.2) is 29.5 Å². The average molecular weight is 256 g/mol. The van der Waals surface area contributed by atoms with E-state index in [1.54, 1.807) is 0 Å². The number of rotatable bonds is 4. The molecule has 3 nitrogen and oxygen atoms in total. The maximum absolute atomic E-state index is 12.1. The Kier molecular flexibility index (Phi) is 4.36. The molecule has 2 rings (SSSR count). The molecule has 4 heteroatoms. The number of carbonyl (C=O) groups excluding carboxylic acids is 1. The van der Waals surface area contributed by atoms with E-state index in [2.05, 4.69) is 11.6 Å². The Morgan fingerprint density at radius 2 is 2.18 bits per heavy atom. The van der Waals surface area contributed by atoms with Crippen LogP contribution in [0.4, 0.5) is 0 Å². The van der Waals surface area contributed by atoms with E-state index >= 15 is 0 Å². The fraction of sp³-hybridized carbons (Fsp3) is 0.923. The summed E-state index contributed by atoms with van der Waals surface area (Å²) in [6.45, 7) is 0.846. The molecule has 2 aliphatic carbocycles. The number of hydrogen-bond acceptors (Lipinski definition) is 3. The van der Waals surface area contributed by atoms with Crippen LogP contribution >= 0.6 is 11.8 Å². The summed E-state index contributed by atoms with van der Waals surface area (Å²) >= 11 is 1.91. The number of thioether (sulfide) groups is 1. The molecule has 2 atom stereocenters. The molecule has 2 aliphatic rings. The second-order valence-corrected chi connectivity index (χ2v) is 6.86. The van der Waals surface area contributed by atoms with Crippen molar-refractivity contribution in [3.8, 4) is 0 Å². The van der Waals surface area contributed by atoms with Gasteiger partial charge in [0.2, 0.25) is 5.91 Å². The third kappa shape index (κ3) is 3.16. The van der Waals surface area contributed by atoms with Gasteiger partial charge < -0.3 is 11.1 Å². The first-order valence-electron chi connectivity index (χ1n) is 6.74. The minimum absolute atomic E-state index is 0.165. The fourth-order valence-corrected chi connectivity index (χ4v) is 3.80. The first kappa shape index (κ1) is 13.2. The van der Waals surface area contributed by atoms with Crippen LogP contribution < -0.4 is 11.1 Å². The highest BCUT2D eigenvalue weighted by molar-refractivity contribution is 8.00.